The number of nitrogens with one attached hydrogen (secondary N) is 1. The van der Waals surface area contributed by atoms with E-state index in [9.17, 15) is 10.1 Å². The van der Waals surface area contributed by atoms with Crippen LogP contribution in [0.15, 0.2) is 36.5 Å². The van der Waals surface area contributed by atoms with Gasteiger partial charge in [-0.1, -0.05) is 27.7 Å². The van der Waals surface area contributed by atoms with Crippen molar-refractivity contribution >= 4 is 11.6 Å². The van der Waals surface area contributed by atoms with Crippen LogP contribution in [0.2, 0.25) is 0 Å². The normalized spacial score (nSPS) is 14.8. The third-order valence-corrected chi connectivity index (χ3v) is 5.16. The van der Waals surface area contributed by atoms with Crippen molar-refractivity contribution in [1.82, 2.24) is 4.98 Å². The van der Waals surface area contributed by atoms with Gasteiger partial charge >= 0.3 is 0 Å². The lowest BCUT2D eigenvalue weighted by atomic mass is 9.78. The van der Waals surface area contributed by atoms with Gasteiger partial charge in [-0.25, -0.2) is 4.98 Å². The molecule has 1 aromatic heterocycles. The quantitative estimate of drug-likeness (QED) is 0.707. The van der Waals surface area contributed by atoms with Gasteiger partial charge < -0.3 is 10.1 Å². The number of benzene rings is 1. The van der Waals surface area contributed by atoms with E-state index in [2.05, 4.69) is 37.1 Å². The molecule has 1 atom stereocenters. The van der Waals surface area contributed by atoms with Crippen LogP contribution in [0.4, 0.5) is 5.69 Å². The zero-order chi connectivity index (χ0) is 20.3. The number of carbonyl (C=O) groups is 1. The van der Waals surface area contributed by atoms with Gasteiger partial charge in [-0.15, -0.1) is 0 Å². The number of pyridine rings is 1. The summed E-state index contributed by atoms with van der Waals surface area (Å²) < 4.78 is 5.85. The molecule has 1 unspecified atom stereocenters. The Morgan fingerprint density at radius 1 is 1.32 bits per heavy atom. The molecule has 2 aromatic rings. The van der Waals surface area contributed by atoms with Crippen molar-refractivity contribution < 1.29 is 9.53 Å². The first-order chi connectivity index (χ1) is 13.3. The number of anilines is 1. The summed E-state index contributed by atoms with van der Waals surface area (Å²) >= 11 is 0. The van der Waals surface area contributed by atoms with Gasteiger partial charge in [0.1, 0.15) is 5.75 Å². The molecule has 1 aromatic carbocycles. The maximum Gasteiger partial charge on any atom is 0.228 e. The standard InChI is InChI=1S/C23H27N3O2/c1-5-20(23(2,3)4)22(27)26-17-9-11-21(25-14-17)28-18-10-8-16(13-24)19(12-18)15-6-7-15/h8-12,14-15,20H,5-7H2,1-4H3,(H,26,27). The van der Waals surface area contributed by atoms with E-state index in [0.717, 1.165) is 24.8 Å². The number of amides is 1. The first kappa shape index (κ1) is 19.9. The number of nitriles is 1. The van der Waals surface area contributed by atoms with Gasteiger partial charge in [0.25, 0.3) is 0 Å². The molecule has 0 aliphatic heterocycles. The minimum atomic E-state index is -0.0931. The Balaban J connectivity index is 1.67. The second kappa shape index (κ2) is 8.02. The summed E-state index contributed by atoms with van der Waals surface area (Å²) in [5.74, 6) is 1.53. The highest BCUT2D eigenvalue weighted by Gasteiger charge is 2.29. The number of ether oxygens (including phenoxy) is 1. The zero-order valence-corrected chi connectivity index (χ0v) is 17.0. The molecule has 5 heteroatoms. The molecule has 28 heavy (non-hydrogen) atoms. The Morgan fingerprint density at radius 2 is 2.07 bits per heavy atom. The summed E-state index contributed by atoms with van der Waals surface area (Å²) in [6, 6.07) is 11.3. The van der Waals surface area contributed by atoms with Crippen LogP contribution < -0.4 is 10.1 Å². The Labute approximate surface area is 166 Å². The van der Waals surface area contributed by atoms with E-state index in [1.165, 1.54) is 0 Å². The minimum Gasteiger partial charge on any atom is -0.439 e. The van der Waals surface area contributed by atoms with E-state index in [4.69, 9.17) is 4.74 Å². The lowest BCUT2D eigenvalue weighted by Crippen LogP contribution is -2.32. The number of carbonyl (C=O) groups excluding carboxylic acids is 1. The molecular weight excluding hydrogens is 350 g/mol. The van der Waals surface area contributed by atoms with Crippen molar-refractivity contribution in [2.24, 2.45) is 11.3 Å². The van der Waals surface area contributed by atoms with Gasteiger partial charge in [-0.05, 0) is 60.4 Å². The smallest absolute Gasteiger partial charge is 0.228 e. The van der Waals surface area contributed by atoms with Crippen LogP contribution in [0.5, 0.6) is 11.6 Å². The van der Waals surface area contributed by atoms with E-state index in [-0.39, 0.29) is 17.2 Å². The highest BCUT2D eigenvalue weighted by atomic mass is 16.5. The molecule has 1 fully saturated rings. The van der Waals surface area contributed by atoms with Gasteiger partial charge in [0.05, 0.1) is 23.5 Å². The maximum atomic E-state index is 12.5. The predicted octanol–water partition coefficient (Wildman–Crippen LogP) is 5.63. The molecule has 0 spiro atoms. The van der Waals surface area contributed by atoms with Gasteiger partial charge in [0.15, 0.2) is 0 Å². The molecule has 146 valence electrons. The SMILES string of the molecule is CCC(C(=O)Nc1ccc(Oc2ccc(C#N)c(C3CC3)c2)nc1)C(C)(C)C. The third kappa shape index (κ3) is 4.69. The van der Waals surface area contributed by atoms with E-state index < -0.39 is 0 Å². The molecular formula is C23H27N3O2. The van der Waals surface area contributed by atoms with Crippen LogP contribution in [0.25, 0.3) is 0 Å². The van der Waals surface area contributed by atoms with E-state index >= 15 is 0 Å². The average Bonchev–Trinajstić information content (AvgIpc) is 3.48. The predicted molar refractivity (Wildman–Crippen MR) is 109 cm³/mol. The summed E-state index contributed by atoms with van der Waals surface area (Å²) in [4.78, 5) is 16.8. The Hall–Kier alpha value is -2.87. The molecule has 5 nitrogen and oxygen atoms in total. The van der Waals surface area contributed by atoms with Gasteiger partial charge in [0.2, 0.25) is 11.8 Å². The third-order valence-electron chi connectivity index (χ3n) is 5.16. The molecule has 0 saturated heterocycles. The fourth-order valence-electron chi connectivity index (χ4n) is 3.49. The molecule has 1 aliphatic rings. The molecule has 1 saturated carbocycles. The highest BCUT2D eigenvalue weighted by molar-refractivity contribution is 5.92. The summed E-state index contributed by atoms with van der Waals surface area (Å²) in [5.41, 5.74) is 2.32. The topological polar surface area (TPSA) is 75.0 Å². The van der Waals surface area contributed by atoms with E-state index in [1.54, 1.807) is 30.5 Å². The largest absolute Gasteiger partial charge is 0.439 e. The van der Waals surface area contributed by atoms with Gasteiger partial charge in [-0.3, -0.25) is 4.79 Å². The zero-order valence-electron chi connectivity index (χ0n) is 17.0. The second-order valence-electron chi connectivity index (χ2n) is 8.44. The number of aromatic nitrogens is 1. The van der Waals surface area contributed by atoms with Crippen molar-refractivity contribution in [3.8, 4) is 17.7 Å². The number of hydrogen-bond acceptors (Lipinski definition) is 4. The van der Waals surface area contributed by atoms with Crippen LogP contribution in [-0.4, -0.2) is 10.9 Å². The Bertz CT molecular complexity index is 888. The van der Waals surface area contributed by atoms with Crippen molar-refractivity contribution in [2.75, 3.05) is 5.32 Å². The van der Waals surface area contributed by atoms with Crippen molar-refractivity contribution in [1.29, 1.82) is 5.26 Å². The van der Waals surface area contributed by atoms with E-state index in [0.29, 0.717) is 28.8 Å². The van der Waals surface area contributed by atoms with Gasteiger partial charge in [0, 0.05) is 12.0 Å². The lowest BCUT2D eigenvalue weighted by molar-refractivity contribution is -0.123. The monoisotopic (exact) mass is 377 g/mol. The highest BCUT2D eigenvalue weighted by Crippen LogP contribution is 2.43. The molecule has 1 N–H and O–H groups in total. The van der Waals surface area contributed by atoms with Crippen molar-refractivity contribution in [3.05, 3.63) is 47.7 Å². The van der Waals surface area contributed by atoms with Gasteiger partial charge in [-0.2, -0.15) is 5.26 Å². The van der Waals surface area contributed by atoms with Crippen LogP contribution in [-0.2, 0) is 4.79 Å². The maximum absolute atomic E-state index is 12.5. The number of hydrogen-bond donors (Lipinski definition) is 1. The summed E-state index contributed by atoms with van der Waals surface area (Å²) in [5, 5.41) is 12.2. The minimum absolute atomic E-state index is 0.00614. The van der Waals surface area contributed by atoms with Crippen LogP contribution >= 0.6 is 0 Å². The average molecular weight is 377 g/mol. The first-order valence-corrected chi connectivity index (χ1v) is 9.80. The molecule has 0 radical (unpaired) electrons. The summed E-state index contributed by atoms with van der Waals surface area (Å²) in [7, 11) is 0. The van der Waals surface area contributed by atoms with Crippen molar-refractivity contribution in [2.45, 2.75) is 52.9 Å². The fourth-order valence-corrected chi connectivity index (χ4v) is 3.49. The Kier molecular flexibility index (Phi) is 5.69. The van der Waals surface area contributed by atoms with Crippen LogP contribution in [0.1, 0.15) is 64.0 Å². The van der Waals surface area contributed by atoms with E-state index in [1.807, 2.05) is 13.0 Å². The molecule has 1 amide bonds. The molecule has 1 aliphatic carbocycles. The molecule has 1 heterocycles. The molecule has 3 rings (SSSR count). The summed E-state index contributed by atoms with van der Waals surface area (Å²) in [6.07, 6.45) is 4.64. The Morgan fingerprint density at radius 3 is 2.61 bits per heavy atom. The number of nitrogens with zero attached hydrogens (tertiary/aromatic N) is 2. The number of rotatable bonds is 6. The fraction of sp³-hybridized carbons (Fsp3) is 0.435. The summed E-state index contributed by atoms with van der Waals surface area (Å²) in [6.45, 7) is 8.24. The second-order valence-corrected chi connectivity index (χ2v) is 8.44. The van der Waals surface area contributed by atoms with Crippen LogP contribution in [0.3, 0.4) is 0 Å². The first-order valence-electron chi connectivity index (χ1n) is 9.80. The molecule has 0 bridgehead atoms. The van der Waals surface area contributed by atoms with Crippen LogP contribution in [0, 0.1) is 22.7 Å². The van der Waals surface area contributed by atoms with Crippen molar-refractivity contribution in [3.63, 3.8) is 0 Å². The lowest BCUT2D eigenvalue weighted by Gasteiger charge is -2.28.